The summed E-state index contributed by atoms with van der Waals surface area (Å²) in [5, 5.41) is 8.65. The Morgan fingerprint density at radius 3 is 2.55 bits per heavy atom. The third kappa shape index (κ3) is 6.22. The van der Waals surface area contributed by atoms with Crippen LogP contribution < -0.4 is 5.73 Å². The van der Waals surface area contributed by atoms with E-state index in [-0.39, 0.29) is 6.61 Å². The summed E-state index contributed by atoms with van der Waals surface area (Å²) in [6.07, 6.45) is 1.06. The monoisotopic (exact) mass is 176 g/mol. The number of hydrogen-bond acceptors (Lipinski definition) is 3. The van der Waals surface area contributed by atoms with Gasteiger partial charge in [-0.25, -0.2) is 0 Å². The van der Waals surface area contributed by atoms with Gasteiger partial charge in [0.2, 0.25) is 0 Å². The average molecular weight is 176 g/mol. The Bertz CT molecular complexity index is 113. The van der Waals surface area contributed by atoms with Crippen LogP contribution in [0.2, 0.25) is 0 Å². The predicted octanol–water partition coefficient (Wildman–Crippen LogP) is -0.0232. The fraction of sp³-hybridized carbons (Fsp3) is 0.857. The van der Waals surface area contributed by atoms with Crippen molar-refractivity contribution in [2.24, 2.45) is 5.73 Å². The first-order valence-corrected chi connectivity index (χ1v) is 4.23. The summed E-state index contributed by atoms with van der Waals surface area (Å²) in [7, 11) is 0. The molecule has 0 aliphatic carbocycles. The van der Waals surface area contributed by atoms with E-state index in [4.69, 9.17) is 23.1 Å². The van der Waals surface area contributed by atoms with E-state index in [1.807, 2.05) is 4.90 Å². The van der Waals surface area contributed by atoms with Crippen molar-refractivity contribution >= 4 is 17.2 Å². The molecule has 0 unspecified atom stereocenters. The third-order valence-electron chi connectivity index (χ3n) is 1.34. The van der Waals surface area contributed by atoms with Crippen LogP contribution >= 0.6 is 12.2 Å². The molecule has 66 valence electrons. The second-order valence-corrected chi connectivity index (χ2v) is 2.99. The highest BCUT2D eigenvalue weighted by Gasteiger charge is 2.02. The molecular formula is C7H16N2OS. The van der Waals surface area contributed by atoms with Crippen molar-refractivity contribution in [3.63, 3.8) is 0 Å². The standard InChI is InChI=1S/C7H16N2OS/c1-2-3-9(4-5-10)6-7(8)11/h10H,2-6H2,1H3,(H2,8,11). The molecule has 0 fully saturated rings. The van der Waals surface area contributed by atoms with Gasteiger partial charge in [-0.2, -0.15) is 0 Å². The van der Waals surface area contributed by atoms with E-state index in [2.05, 4.69) is 6.92 Å². The van der Waals surface area contributed by atoms with Crippen molar-refractivity contribution in [3.8, 4) is 0 Å². The van der Waals surface area contributed by atoms with E-state index in [1.165, 1.54) is 0 Å². The zero-order valence-corrected chi connectivity index (χ0v) is 7.73. The normalized spacial score (nSPS) is 10.5. The molecule has 0 atom stereocenters. The number of nitrogens with zero attached hydrogens (tertiary/aromatic N) is 1. The van der Waals surface area contributed by atoms with E-state index >= 15 is 0 Å². The second kappa shape index (κ2) is 6.52. The van der Waals surface area contributed by atoms with Gasteiger partial charge >= 0.3 is 0 Å². The molecule has 0 amide bonds. The summed E-state index contributed by atoms with van der Waals surface area (Å²) in [6.45, 7) is 4.47. The summed E-state index contributed by atoms with van der Waals surface area (Å²) < 4.78 is 0. The Hall–Kier alpha value is -0.190. The Morgan fingerprint density at radius 2 is 2.18 bits per heavy atom. The van der Waals surface area contributed by atoms with Crippen molar-refractivity contribution in [1.82, 2.24) is 4.90 Å². The Labute approximate surface area is 73.2 Å². The van der Waals surface area contributed by atoms with Gasteiger partial charge < -0.3 is 10.8 Å². The molecule has 0 aliphatic heterocycles. The van der Waals surface area contributed by atoms with Crippen LogP contribution in [0.4, 0.5) is 0 Å². The summed E-state index contributed by atoms with van der Waals surface area (Å²) in [5.41, 5.74) is 5.36. The van der Waals surface area contributed by atoms with Crippen LogP contribution in [0, 0.1) is 0 Å². The summed E-state index contributed by atoms with van der Waals surface area (Å²) in [5.74, 6) is 0. The lowest BCUT2D eigenvalue weighted by Crippen LogP contribution is -2.35. The molecule has 0 aliphatic rings. The fourth-order valence-electron chi connectivity index (χ4n) is 0.948. The van der Waals surface area contributed by atoms with Gasteiger partial charge in [0.05, 0.1) is 11.6 Å². The van der Waals surface area contributed by atoms with Crippen LogP contribution in [0.25, 0.3) is 0 Å². The molecule has 0 heterocycles. The molecule has 3 N–H and O–H groups in total. The lowest BCUT2D eigenvalue weighted by Gasteiger charge is -2.18. The molecule has 0 saturated heterocycles. The van der Waals surface area contributed by atoms with Gasteiger partial charge in [-0.3, -0.25) is 4.90 Å². The van der Waals surface area contributed by atoms with E-state index in [1.54, 1.807) is 0 Å². The summed E-state index contributed by atoms with van der Waals surface area (Å²) in [4.78, 5) is 2.54. The first-order valence-electron chi connectivity index (χ1n) is 3.82. The SMILES string of the molecule is CCCN(CCO)CC(N)=S. The number of rotatable bonds is 6. The topological polar surface area (TPSA) is 49.5 Å². The van der Waals surface area contributed by atoms with Gasteiger partial charge in [0.25, 0.3) is 0 Å². The van der Waals surface area contributed by atoms with Crippen molar-refractivity contribution < 1.29 is 5.11 Å². The van der Waals surface area contributed by atoms with Crippen LogP contribution in [-0.2, 0) is 0 Å². The number of nitrogens with two attached hydrogens (primary N) is 1. The van der Waals surface area contributed by atoms with Gasteiger partial charge in [0, 0.05) is 13.1 Å². The first-order chi connectivity index (χ1) is 5.20. The van der Waals surface area contributed by atoms with Crippen molar-refractivity contribution in [2.45, 2.75) is 13.3 Å². The number of hydrogen-bond donors (Lipinski definition) is 2. The molecule has 0 aromatic carbocycles. The summed E-state index contributed by atoms with van der Waals surface area (Å²) >= 11 is 4.75. The van der Waals surface area contributed by atoms with Gasteiger partial charge in [-0.05, 0) is 13.0 Å². The lowest BCUT2D eigenvalue weighted by atomic mass is 10.4. The highest BCUT2D eigenvalue weighted by Crippen LogP contribution is 1.89. The molecule has 3 nitrogen and oxygen atoms in total. The molecule has 0 aromatic rings. The van der Waals surface area contributed by atoms with Crippen LogP contribution in [0.1, 0.15) is 13.3 Å². The number of thiocarbonyl (C=S) groups is 1. The molecular weight excluding hydrogens is 160 g/mol. The maximum atomic E-state index is 8.65. The molecule has 11 heavy (non-hydrogen) atoms. The molecule has 0 spiro atoms. The third-order valence-corrected chi connectivity index (χ3v) is 1.46. The van der Waals surface area contributed by atoms with E-state index in [9.17, 15) is 0 Å². The first kappa shape index (κ1) is 10.8. The van der Waals surface area contributed by atoms with Gasteiger partial charge in [-0.15, -0.1) is 0 Å². The van der Waals surface area contributed by atoms with E-state index in [0.717, 1.165) is 13.0 Å². The highest BCUT2D eigenvalue weighted by molar-refractivity contribution is 7.80. The number of aliphatic hydroxyl groups is 1. The quantitative estimate of drug-likeness (QED) is 0.558. The molecule has 0 rings (SSSR count). The minimum atomic E-state index is 0.169. The lowest BCUT2D eigenvalue weighted by molar-refractivity contribution is 0.212. The van der Waals surface area contributed by atoms with Crippen molar-refractivity contribution in [1.29, 1.82) is 0 Å². The van der Waals surface area contributed by atoms with Crippen LogP contribution in [0.15, 0.2) is 0 Å². The van der Waals surface area contributed by atoms with Gasteiger partial charge in [-0.1, -0.05) is 19.1 Å². The zero-order chi connectivity index (χ0) is 8.69. The molecule has 4 heteroatoms. The molecule has 0 bridgehead atoms. The van der Waals surface area contributed by atoms with Crippen molar-refractivity contribution in [2.75, 3.05) is 26.2 Å². The molecule has 0 radical (unpaired) electrons. The van der Waals surface area contributed by atoms with Crippen LogP contribution in [0.3, 0.4) is 0 Å². The van der Waals surface area contributed by atoms with Crippen LogP contribution in [-0.4, -0.2) is 41.2 Å². The van der Waals surface area contributed by atoms with Crippen molar-refractivity contribution in [3.05, 3.63) is 0 Å². The second-order valence-electron chi connectivity index (χ2n) is 2.47. The van der Waals surface area contributed by atoms with Gasteiger partial charge in [0.15, 0.2) is 0 Å². The number of aliphatic hydroxyl groups excluding tert-OH is 1. The Morgan fingerprint density at radius 1 is 1.55 bits per heavy atom. The van der Waals surface area contributed by atoms with E-state index < -0.39 is 0 Å². The minimum Gasteiger partial charge on any atom is -0.395 e. The summed E-state index contributed by atoms with van der Waals surface area (Å²) in [6, 6.07) is 0. The predicted molar refractivity (Wildman–Crippen MR) is 50.6 cm³/mol. The zero-order valence-electron chi connectivity index (χ0n) is 6.92. The van der Waals surface area contributed by atoms with Gasteiger partial charge in [0.1, 0.15) is 0 Å². The highest BCUT2D eigenvalue weighted by atomic mass is 32.1. The Kier molecular flexibility index (Phi) is 6.40. The average Bonchev–Trinajstić information content (AvgIpc) is 1.87. The molecule has 0 aromatic heterocycles. The maximum absolute atomic E-state index is 8.65. The largest absolute Gasteiger partial charge is 0.395 e. The fourth-order valence-corrected chi connectivity index (χ4v) is 1.13. The van der Waals surface area contributed by atoms with E-state index in [0.29, 0.717) is 18.1 Å². The minimum absolute atomic E-state index is 0.169. The smallest absolute Gasteiger partial charge is 0.0870 e. The molecule has 0 saturated carbocycles. The van der Waals surface area contributed by atoms with Crippen LogP contribution in [0.5, 0.6) is 0 Å². The Balaban J connectivity index is 3.59. The maximum Gasteiger partial charge on any atom is 0.0870 e.